The summed E-state index contributed by atoms with van der Waals surface area (Å²) < 4.78 is 0. The molecular formula is C30H46. The van der Waals surface area contributed by atoms with E-state index in [4.69, 9.17) is 6.58 Å². The van der Waals surface area contributed by atoms with Crippen molar-refractivity contribution in [2.75, 3.05) is 0 Å². The zero-order valence-corrected chi connectivity index (χ0v) is 20.7. The maximum Gasteiger partial charge on any atom is 0.00826 e. The Balaban J connectivity index is 1.90. The lowest BCUT2D eigenvalue weighted by molar-refractivity contribution is -0.00601. The van der Waals surface area contributed by atoms with Gasteiger partial charge in [-0.05, 0) is 82.3 Å². The highest BCUT2D eigenvalue weighted by molar-refractivity contribution is 5.41. The monoisotopic (exact) mass is 406 g/mol. The van der Waals surface area contributed by atoms with Gasteiger partial charge >= 0.3 is 0 Å². The zero-order chi connectivity index (χ0) is 22.6. The van der Waals surface area contributed by atoms with Crippen LogP contribution in [0.2, 0.25) is 0 Å². The largest absolute Gasteiger partial charge is 0.0993 e. The van der Waals surface area contributed by atoms with Crippen molar-refractivity contribution >= 4 is 0 Å². The van der Waals surface area contributed by atoms with Crippen molar-refractivity contribution in [3.8, 4) is 0 Å². The van der Waals surface area contributed by atoms with E-state index in [9.17, 15) is 0 Å². The van der Waals surface area contributed by atoms with Gasteiger partial charge in [-0.3, -0.25) is 0 Å². The van der Waals surface area contributed by atoms with E-state index in [-0.39, 0.29) is 5.41 Å². The second-order valence-electron chi connectivity index (χ2n) is 12.6. The highest BCUT2D eigenvalue weighted by Crippen LogP contribution is 2.67. The average Bonchev–Trinajstić information content (AvgIpc) is 3.42. The summed E-state index contributed by atoms with van der Waals surface area (Å²) >= 11 is 0. The summed E-state index contributed by atoms with van der Waals surface area (Å²) in [5.41, 5.74) is 5.70. The van der Waals surface area contributed by atoms with Gasteiger partial charge in [-0.25, -0.2) is 0 Å². The van der Waals surface area contributed by atoms with Gasteiger partial charge in [0.25, 0.3) is 0 Å². The second kappa shape index (κ2) is 7.99. The van der Waals surface area contributed by atoms with Crippen LogP contribution in [0.1, 0.15) is 73.6 Å². The van der Waals surface area contributed by atoms with E-state index in [0.29, 0.717) is 35.0 Å². The average molecular weight is 407 g/mol. The van der Waals surface area contributed by atoms with Crippen LogP contribution in [0.5, 0.6) is 0 Å². The number of rotatable bonds is 9. The normalized spacial score (nSPS) is 31.8. The molecule has 0 spiro atoms. The molecule has 0 bridgehead atoms. The molecule has 0 aromatic carbocycles. The molecule has 3 aliphatic rings. The molecule has 0 aromatic heterocycles. The predicted molar refractivity (Wildman–Crippen MR) is 133 cm³/mol. The quantitative estimate of drug-likeness (QED) is 0.265. The summed E-state index contributed by atoms with van der Waals surface area (Å²) in [6, 6.07) is 0. The van der Waals surface area contributed by atoms with Gasteiger partial charge in [-0.2, -0.15) is 0 Å². The molecule has 3 aliphatic carbocycles. The number of allylic oxidation sites excluding steroid dienone is 5. The fraction of sp³-hybridized carbons (Fsp3) is 0.667. The van der Waals surface area contributed by atoms with Gasteiger partial charge in [0.2, 0.25) is 0 Å². The second-order valence-corrected chi connectivity index (χ2v) is 12.6. The maximum atomic E-state index is 4.72. The number of hydrogen-bond acceptors (Lipinski definition) is 0. The first kappa shape index (κ1) is 23.4. The first-order chi connectivity index (χ1) is 13.8. The zero-order valence-electron chi connectivity index (χ0n) is 20.7. The first-order valence-corrected chi connectivity index (χ1v) is 12.2. The minimum Gasteiger partial charge on any atom is -0.0993 e. The topological polar surface area (TPSA) is 0 Å². The lowest BCUT2D eigenvalue weighted by atomic mass is 9.53. The molecule has 0 amide bonds. The van der Waals surface area contributed by atoms with E-state index in [1.807, 2.05) is 6.08 Å². The van der Waals surface area contributed by atoms with Gasteiger partial charge in [0, 0.05) is 5.92 Å². The Bertz CT molecular complexity index is 747. The molecule has 0 N–H and O–H groups in total. The van der Waals surface area contributed by atoms with E-state index < -0.39 is 0 Å². The fourth-order valence-corrected chi connectivity index (χ4v) is 6.65. The minimum atomic E-state index is 0.239. The van der Waals surface area contributed by atoms with Gasteiger partial charge < -0.3 is 0 Å². The van der Waals surface area contributed by atoms with Crippen molar-refractivity contribution in [1.82, 2.24) is 0 Å². The van der Waals surface area contributed by atoms with Gasteiger partial charge in [0.05, 0.1) is 0 Å². The maximum absolute atomic E-state index is 4.72. The highest BCUT2D eigenvalue weighted by atomic mass is 14.6. The Labute approximate surface area is 187 Å². The Hall–Kier alpha value is -1.30. The molecular weight excluding hydrogens is 360 g/mol. The van der Waals surface area contributed by atoms with E-state index in [1.54, 1.807) is 0 Å². The molecule has 3 rings (SSSR count). The summed E-state index contributed by atoms with van der Waals surface area (Å²) in [7, 11) is 0. The van der Waals surface area contributed by atoms with Crippen molar-refractivity contribution in [2.45, 2.75) is 73.6 Å². The van der Waals surface area contributed by atoms with E-state index in [1.165, 1.54) is 42.4 Å². The summed E-state index contributed by atoms with van der Waals surface area (Å²) in [5.74, 6) is 4.15. The Morgan fingerprint density at radius 3 is 2.17 bits per heavy atom. The van der Waals surface area contributed by atoms with Crippen LogP contribution in [0.3, 0.4) is 0 Å². The molecule has 0 saturated heterocycles. The standard InChI is InChI=1S/C30H46/c1-12-18(2)25(15-23-13-14-23)19(3)20(4)27-26(21(5)22(6)29(7,8)9)16-24-17-30(10,11)28(24)27/h12,22-28H,1-5,13-17H2,6-11H3. The van der Waals surface area contributed by atoms with Gasteiger partial charge in [0.15, 0.2) is 0 Å². The Kier molecular flexibility index (Phi) is 6.23. The number of fused-ring (bicyclic) bond motifs is 1. The van der Waals surface area contributed by atoms with Crippen LogP contribution in [0.4, 0.5) is 0 Å². The van der Waals surface area contributed by atoms with Crippen molar-refractivity contribution in [3.63, 3.8) is 0 Å². The van der Waals surface area contributed by atoms with Crippen LogP contribution in [-0.2, 0) is 0 Å². The van der Waals surface area contributed by atoms with Gasteiger partial charge in [-0.15, -0.1) is 0 Å². The van der Waals surface area contributed by atoms with Gasteiger partial charge in [0.1, 0.15) is 0 Å². The molecule has 0 aromatic rings. The Morgan fingerprint density at radius 2 is 1.70 bits per heavy atom. The van der Waals surface area contributed by atoms with Crippen LogP contribution < -0.4 is 0 Å². The third-order valence-electron chi connectivity index (χ3n) is 9.12. The first-order valence-electron chi connectivity index (χ1n) is 12.2. The summed E-state index contributed by atoms with van der Waals surface area (Å²) in [6.45, 7) is 36.7. The molecule has 0 aliphatic heterocycles. The highest BCUT2D eigenvalue weighted by Gasteiger charge is 2.59. The molecule has 0 radical (unpaired) electrons. The fourth-order valence-electron chi connectivity index (χ4n) is 6.65. The third kappa shape index (κ3) is 4.21. The van der Waals surface area contributed by atoms with E-state index in [2.05, 4.69) is 67.9 Å². The molecule has 3 saturated carbocycles. The minimum absolute atomic E-state index is 0.239. The van der Waals surface area contributed by atoms with Crippen LogP contribution in [0.15, 0.2) is 61.3 Å². The molecule has 166 valence electrons. The molecule has 0 heteroatoms. The summed E-state index contributed by atoms with van der Waals surface area (Å²) in [5, 5.41) is 0. The summed E-state index contributed by atoms with van der Waals surface area (Å²) in [6.07, 6.45) is 8.42. The van der Waals surface area contributed by atoms with E-state index >= 15 is 0 Å². The lowest BCUT2D eigenvalue weighted by Gasteiger charge is -2.51. The van der Waals surface area contributed by atoms with Crippen molar-refractivity contribution in [1.29, 1.82) is 0 Å². The Morgan fingerprint density at radius 1 is 1.10 bits per heavy atom. The van der Waals surface area contributed by atoms with Crippen LogP contribution in [0, 0.1) is 52.3 Å². The third-order valence-corrected chi connectivity index (χ3v) is 9.12. The van der Waals surface area contributed by atoms with E-state index in [0.717, 1.165) is 23.8 Å². The van der Waals surface area contributed by atoms with Crippen molar-refractivity contribution in [2.24, 2.45) is 52.3 Å². The number of hydrogen-bond donors (Lipinski definition) is 0. The van der Waals surface area contributed by atoms with Crippen LogP contribution in [0.25, 0.3) is 0 Å². The molecule has 30 heavy (non-hydrogen) atoms. The molecule has 0 nitrogen and oxygen atoms in total. The molecule has 6 unspecified atom stereocenters. The van der Waals surface area contributed by atoms with Crippen molar-refractivity contribution in [3.05, 3.63) is 61.3 Å². The molecule has 3 fully saturated rings. The van der Waals surface area contributed by atoms with Crippen LogP contribution in [-0.4, -0.2) is 0 Å². The van der Waals surface area contributed by atoms with Gasteiger partial charge in [-0.1, -0.05) is 98.9 Å². The van der Waals surface area contributed by atoms with Crippen LogP contribution >= 0.6 is 0 Å². The SMILES string of the molecule is C=CC(=C)C(CC1CC1)C(=C)C(=C)C1C(C(=C)C(C)C(C)(C)C)CC2CC(C)(C)C21. The smallest absolute Gasteiger partial charge is 0.00826 e. The predicted octanol–water partition coefficient (Wildman–Crippen LogP) is 8.79. The van der Waals surface area contributed by atoms with Crippen molar-refractivity contribution < 1.29 is 0 Å². The molecule has 0 heterocycles. The lowest BCUT2D eigenvalue weighted by Crippen LogP contribution is -2.44. The summed E-state index contributed by atoms with van der Waals surface area (Å²) in [4.78, 5) is 0. The molecule has 6 atom stereocenters.